The molecule has 25 heavy (non-hydrogen) atoms. The second-order valence-corrected chi connectivity index (χ2v) is 8.15. The second-order valence-electron chi connectivity index (χ2n) is 7.71. The number of benzene rings is 1. The van der Waals surface area contributed by atoms with Crippen molar-refractivity contribution in [1.29, 1.82) is 0 Å². The van der Waals surface area contributed by atoms with Gasteiger partial charge in [0.2, 0.25) is 0 Å². The van der Waals surface area contributed by atoms with Crippen LogP contribution in [0.5, 0.6) is 5.75 Å². The smallest absolute Gasteiger partial charge is 0.257 e. The van der Waals surface area contributed by atoms with Gasteiger partial charge in [0.25, 0.3) is 5.91 Å². The zero-order valence-corrected chi connectivity index (χ0v) is 15.4. The number of hydrogen-bond donors (Lipinski definition) is 1. The van der Waals surface area contributed by atoms with E-state index in [2.05, 4.69) is 5.32 Å². The van der Waals surface area contributed by atoms with Gasteiger partial charge in [0.15, 0.2) is 0 Å². The molecule has 2 atom stereocenters. The van der Waals surface area contributed by atoms with E-state index in [0.29, 0.717) is 28.2 Å². The van der Waals surface area contributed by atoms with Gasteiger partial charge in [0.05, 0.1) is 11.7 Å². The summed E-state index contributed by atoms with van der Waals surface area (Å²) in [7, 11) is 0. The monoisotopic (exact) mass is 362 g/mol. The summed E-state index contributed by atoms with van der Waals surface area (Å²) in [6.45, 7) is 3.86. The highest BCUT2D eigenvalue weighted by Gasteiger charge is 2.32. The Morgan fingerprint density at radius 3 is 2.44 bits per heavy atom. The highest BCUT2D eigenvalue weighted by molar-refractivity contribution is 6.31. The Morgan fingerprint density at radius 2 is 1.76 bits per heavy atom. The number of halogens is 1. The number of ether oxygens (including phenoxy) is 1. The number of likely N-dealkylation sites (tertiary alicyclic amines) is 1. The molecule has 1 aromatic carbocycles. The van der Waals surface area contributed by atoms with Crippen LogP contribution in [0.2, 0.25) is 5.02 Å². The SMILES string of the molecule is O=C(c1cc(Cl)ccc1OC1CCCC1)N1CC[C@@H]2CNC[C@@H]2CC1. The number of amides is 1. The molecule has 1 amide bonds. The van der Waals surface area contributed by atoms with Gasteiger partial charge < -0.3 is 15.0 Å². The van der Waals surface area contributed by atoms with E-state index < -0.39 is 0 Å². The number of nitrogens with one attached hydrogen (secondary N) is 1. The summed E-state index contributed by atoms with van der Waals surface area (Å²) in [4.78, 5) is 15.2. The van der Waals surface area contributed by atoms with Crippen molar-refractivity contribution < 1.29 is 9.53 Å². The average molecular weight is 363 g/mol. The van der Waals surface area contributed by atoms with E-state index in [1.54, 1.807) is 6.07 Å². The molecular weight excluding hydrogens is 336 g/mol. The lowest BCUT2D eigenvalue weighted by Gasteiger charge is -2.23. The van der Waals surface area contributed by atoms with Crippen LogP contribution in [0, 0.1) is 11.8 Å². The van der Waals surface area contributed by atoms with E-state index in [-0.39, 0.29) is 12.0 Å². The van der Waals surface area contributed by atoms with Crippen molar-refractivity contribution in [2.75, 3.05) is 26.2 Å². The molecule has 3 fully saturated rings. The number of rotatable bonds is 3. The topological polar surface area (TPSA) is 41.6 Å². The van der Waals surface area contributed by atoms with Gasteiger partial charge in [0, 0.05) is 18.1 Å². The average Bonchev–Trinajstić information content (AvgIpc) is 3.24. The van der Waals surface area contributed by atoms with Crippen molar-refractivity contribution in [2.24, 2.45) is 11.8 Å². The zero-order valence-electron chi connectivity index (χ0n) is 14.7. The first kappa shape index (κ1) is 17.2. The fraction of sp³-hybridized carbons (Fsp3) is 0.650. The van der Waals surface area contributed by atoms with Crippen molar-refractivity contribution in [1.82, 2.24) is 10.2 Å². The van der Waals surface area contributed by atoms with Crippen LogP contribution in [0.1, 0.15) is 48.9 Å². The standard InChI is InChI=1S/C20H27ClN2O2/c21-16-5-6-19(25-17-3-1-2-4-17)18(11-16)20(24)23-9-7-14-12-22-13-15(14)8-10-23/h5-6,11,14-15,17,22H,1-4,7-10,12-13H2/t14-,15+. The summed E-state index contributed by atoms with van der Waals surface area (Å²) in [6, 6.07) is 5.47. The maximum absolute atomic E-state index is 13.2. The number of carbonyl (C=O) groups is 1. The van der Waals surface area contributed by atoms with Crippen LogP contribution >= 0.6 is 11.6 Å². The van der Waals surface area contributed by atoms with Crippen LogP contribution in [0.3, 0.4) is 0 Å². The van der Waals surface area contributed by atoms with Crippen molar-refractivity contribution in [3.05, 3.63) is 28.8 Å². The molecule has 0 spiro atoms. The molecule has 0 unspecified atom stereocenters. The molecule has 1 aliphatic carbocycles. The van der Waals surface area contributed by atoms with Crippen molar-refractivity contribution >= 4 is 17.5 Å². The molecular formula is C20H27ClN2O2. The van der Waals surface area contributed by atoms with Gasteiger partial charge >= 0.3 is 0 Å². The molecule has 2 heterocycles. The minimum atomic E-state index is 0.0726. The Morgan fingerprint density at radius 1 is 1.08 bits per heavy atom. The highest BCUT2D eigenvalue weighted by atomic mass is 35.5. The third-order valence-electron chi connectivity index (χ3n) is 6.07. The molecule has 4 nitrogen and oxygen atoms in total. The molecule has 2 aliphatic heterocycles. The van der Waals surface area contributed by atoms with Crippen LogP contribution in [0.25, 0.3) is 0 Å². The number of hydrogen-bond acceptors (Lipinski definition) is 3. The van der Waals surface area contributed by atoms with Crippen molar-refractivity contribution in [3.63, 3.8) is 0 Å². The summed E-state index contributed by atoms with van der Waals surface area (Å²) >= 11 is 6.19. The zero-order chi connectivity index (χ0) is 17.2. The molecule has 136 valence electrons. The molecule has 1 aromatic rings. The van der Waals surface area contributed by atoms with E-state index in [1.165, 1.54) is 12.8 Å². The fourth-order valence-corrected chi connectivity index (χ4v) is 4.72. The minimum Gasteiger partial charge on any atom is -0.490 e. The Labute approximate surface area is 154 Å². The van der Waals surface area contributed by atoms with Gasteiger partial charge in [0.1, 0.15) is 5.75 Å². The van der Waals surface area contributed by atoms with Gasteiger partial charge in [-0.3, -0.25) is 4.79 Å². The molecule has 4 rings (SSSR count). The number of fused-ring (bicyclic) bond motifs is 1. The van der Waals surface area contributed by atoms with Gasteiger partial charge in [-0.25, -0.2) is 0 Å². The van der Waals surface area contributed by atoms with Crippen molar-refractivity contribution in [3.8, 4) is 5.75 Å². The minimum absolute atomic E-state index is 0.0726. The maximum atomic E-state index is 13.2. The summed E-state index contributed by atoms with van der Waals surface area (Å²) in [6.07, 6.45) is 7.00. The largest absolute Gasteiger partial charge is 0.490 e. The van der Waals surface area contributed by atoms with E-state index in [9.17, 15) is 4.79 Å². The van der Waals surface area contributed by atoms with Gasteiger partial charge in [-0.15, -0.1) is 0 Å². The predicted molar refractivity (Wildman–Crippen MR) is 99.3 cm³/mol. The third kappa shape index (κ3) is 3.80. The quantitative estimate of drug-likeness (QED) is 0.890. The van der Waals surface area contributed by atoms with E-state index in [0.717, 1.165) is 51.9 Å². The maximum Gasteiger partial charge on any atom is 0.257 e. The summed E-state index contributed by atoms with van der Waals surface area (Å²) < 4.78 is 6.16. The Bertz CT molecular complexity index is 616. The van der Waals surface area contributed by atoms with Crippen LogP contribution in [-0.2, 0) is 0 Å². The van der Waals surface area contributed by atoms with Gasteiger partial charge in [-0.2, -0.15) is 0 Å². The molecule has 3 aliphatic rings. The summed E-state index contributed by atoms with van der Waals surface area (Å²) in [5.41, 5.74) is 0.629. The molecule has 1 saturated carbocycles. The second kappa shape index (κ2) is 7.55. The lowest BCUT2D eigenvalue weighted by Crippen LogP contribution is -2.33. The van der Waals surface area contributed by atoms with E-state index >= 15 is 0 Å². The molecule has 0 radical (unpaired) electrons. The van der Waals surface area contributed by atoms with Crippen LogP contribution in [0.4, 0.5) is 0 Å². The van der Waals surface area contributed by atoms with Crippen LogP contribution < -0.4 is 10.1 Å². The summed E-state index contributed by atoms with van der Waals surface area (Å²) in [5, 5.41) is 4.08. The number of nitrogens with zero attached hydrogens (tertiary/aromatic N) is 1. The predicted octanol–water partition coefficient (Wildman–Crippen LogP) is 3.73. The first-order chi connectivity index (χ1) is 12.2. The van der Waals surface area contributed by atoms with Crippen molar-refractivity contribution in [2.45, 2.75) is 44.6 Å². The lowest BCUT2D eigenvalue weighted by molar-refractivity contribution is 0.0751. The van der Waals surface area contributed by atoms with Gasteiger partial charge in [-0.1, -0.05) is 11.6 Å². The Balaban J connectivity index is 1.51. The normalized spacial score (nSPS) is 27.2. The fourth-order valence-electron chi connectivity index (χ4n) is 4.55. The van der Waals surface area contributed by atoms with Crippen LogP contribution in [-0.4, -0.2) is 43.1 Å². The van der Waals surface area contributed by atoms with E-state index in [4.69, 9.17) is 16.3 Å². The Kier molecular flexibility index (Phi) is 5.18. The van der Waals surface area contributed by atoms with Gasteiger partial charge in [-0.05, 0) is 81.6 Å². The first-order valence-corrected chi connectivity index (χ1v) is 10.0. The third-order valence-corrected chi connectivity index (χ3v) is 6.31. The van der Waals surface area contributed by atoms with Crippen LogP contribution in [0.15, 0.2) is 18.2 Å². The van der Waals surface area contributed by atoms with E-state index in [1.807, 2.05) is 17.0 Å². The highest BCUT2D eigenvalue weighted by Crippen LogP contribution is 2.32. The summed E-state index contributed by atoms with van der Waals surface area (Å²) in [5.74, 6) is 2.20. The molecule has 1 N–H and O–H groups in total. The Hall–Kier alpha value is -1.26. The first-order valence-electron chi connectivity index (χ1n) is 9.67. The molecule has 0 aromatic heterocycles. The molecule has 5 heteroatoms. The lowest BCUT2D eigenvalue weighted by atomic mass is 9.92. The number of carbonyl (C=O) groups excluding carboxylic acids is 1. The molecule has 2 saturated heterocycles. The molecule has 0 bridgehead atoms.